The van der Waals surface area contributed by atoms with E-state index in [1.807, 2.05) is 53.4 Å². The SMILES string of the molecule is COc1ccccc1C(c1cccc2ccccc12)C(C)(C#N)C(=O)N1CCN(c2cccc(C)c2)CC1. The number of amides is 1. The van der Waals surface area contributed by atoms with Gasteiger partial charge in [0.05, 0.1) is 13.2 Å². The molecule has 0 N–H and O–H groups in total. The normalized spacial score (nSPS) is 15.9. The predicted octanol–water partition coefficient (Wildman–Crippen LogP) is 6.17. The Kier molecular flexibility index (Phi) is 7.07. The zero-order valence-electron chi connectivity index (χ0n) is 22.2. The highest BCUT2D eigenvalue weighted by molar-refractivity contribution is 5.91. The topological polar surface area (TPSA) is 56.6 Å². The highest BCUT2D eigenvalue weighted by Crippen LogP contribution is 2.47. The summed E-state index contributed by atoms with van der Waals surface area (Å²) in [7, 11) is 1.63. The van der Waals surface area contributed by atoms with Gasteiger partial charge in [-0.1, -0.05) is 72.8 Å². The number of rotatable bonds is 6. The molecule has 2 atom stereocenters. The fourth-order valence-electron chi connectivity index (χ4n) is 5.75. The molecule has 0 aliphatic carbocycles. The van der Waals surface area contributed by atoms with Gasteiger partial charge in [-0.3, -0.25) is 4.79 Å². The van der Waals surface area contributed by atoms with Gasteiger partial charge in [-0.05, 0) is 53.9 Å². The van der Waals surface area contributed by atoms with Crippen LogP contribution < -0.4 is 9.64 Å². The number of fused-ring (bicyclic) bond motifs is 1. The predicted molar refractivity (Wildman–Crippen MR) is 152 cm³/mol. The maximum atomic E-state index is 14.3. The average molecular weight is 504 g/mol. The van der Waals surface area contributed by atoms with Gasteiger partial charge in [0.25, 0.3) is 0 Å². The summed E-state index contributed by atoms with van der Waals surface area (Å²) in [4.78, 5) is 18.5. The first-order valence-electron chi connectivity index (χ1n) is 13.1. The number of anilines is 1. The summed E-state index contributed by atoms with van der Waals surface area (Å²) in [6, 6.07) is 32.9. The summed E-state index contributed by atoms with van der Waals surface area (Å²) in [5, 5.41) is 12.8. The summed E-state index contributed by atoms with van der Waals surface area (Å²) in [5.41, 5.74) is 2.82. The third-order valence-electron chi connectivity index (χ3n) is 7.77. The number of methoxy groups -OCH3 is 1. The fraction of sp³-hybridized carbons (Fsp3) is 0.273. The summed E-state index contributed by atoms with van der Waals surface area (Å²) in [5.74, 6) is 0.00811. The molecule has 0 saturated carbocycles. The molecule has 0 aromatic heterocycles. The number of benzene rings is 4. The second kappa shape index (κ2) is 10.6. The van der Waals surface area contributed by atoms with Gasteiger partial charge in [0.2, 0.25) is 5.91 Å². The van der Waals surface area contributed by atoms with Crippen molar-refractivity contribution in [3.8, 4) is 11.8 Å². The molecule has 1 fully saturated rings. The molecule has 4 aromatic carbocycles. The Balaban J connectivity index is 1.54. The number of aryl methyl sites for hydroxylation is 1. The minimum Gasteiger partial charge on any atom is -0.496 e. The van der Waals surface area contributed by atoms with Crippen molar-refractivity contribution in [3.05, 3.63) is 108 Å². The molecule has 5 heteroatoms. The van der Waals surface area contributed by atoms with Crippen LogP contribution in [0.4, 0.5) is 5.69 Å². The number of piperazine rings is 1. The van der Waals surface area contributed by atoms with Crippen LogP contribution in [0, 0.1) is 23.7 Å². The van der Waals surface area contributed by atoms with E-state index in [1.54, 1.807) is 14.0 Å². The Morgan fingerprint density at radius 1 is 0.895 bits per heavy atom. The van der Waals surface area contributed by atoms with Crippen LogP contribution in [0.3, 0.4) is 0 Å². The molecule has 1 heterocycles. The van der Waals surface area contributed by atoms with Crippen LogP contribution in [0.5, 0.6) is 5.75 Å². The maximum absolute atomic E-state index is 14.3. The van der Waals surface area contributed by atoms with Crippen molar-refractivity contribution in [2.24, 2.45) is 5.41 Å². The van der Waals surface area contributed by atoms with Crippen molar-refractivity contribution >= 4 is 22.4 Å². The monoisotopic (exact) mass is 503 g/mol. The van der Waals surface area contributed by atoms with Crippen molar-refractivity contribution in [2.45, 2.75) is 19.8 Å². The van der Waals surface area contributed by atoms with Crippen molar-refractivity contribution in [1.29, 1.82) is 5.26 Å². The lowest BCUT2D eigenvalue weighted by atomic mass is 9.68. The quantitative estimate of drug-likeness (QED) is 0.316. The maximum Gasteiger partial charge on any atom is 0.243 e. The molecule has 0 spiro atoms. The second-order valence-corrected chi connectivity index (χ2v) is 10.2. The first-order valence-corrected chi connectivity index (χ1v) is 13.1. The molecular formula is C33H33N3O2. The first kappa shape index (κ1) is 25.4. The van der Waals surface area contributed by atoms with E-state index in [0.717, 1.165) is 35.0 Å². The molecular weight excluding hydrogens is 470 g/mol. The van der Waals surface area contributed by atoms with Crippen LogP contribution in [0.1, 0.15) is 29.5 Å². The Bertz CT molecular complexity index is 1490. The largest absolute Gasteiger partial charge is 0.496 e. The Hall–Kier alpha value is -4.30. The van der Waals surface area contributed by atoms with E-state index in [9.17, 15) is 10.1 Å². The fourth-order valence-corrected chi connectivity index (χ4v) is 5.75. The summed E-state index contributed by atoms with van der Waals surface area (Å²) >= 11 is 0. The number of para-hydroxylation sites is 1. The number of hydrogen-bond acceptors (Lipinski definition) is 4. The van der Waals surface area contributed by atoms with E-state index in [-0.39, 0.29) is 5.91 Å². The smallest absolute Gasteiger partial charge is 0.243 e. The van der Waals surface area contributed by atoms with Crippen LogP contribution in [0.25, 0.3) is 10.8 Å². The molecule has 1 aliphatic heterocycles. The summed E-state index contributed by atoms with van der Waals surface area (Å²) < 4.78 is 5.76. The third-order valence-corrected chi connectivity index (χ3v) is 7.77. The lowest BCUT2D eigenvalue weighted by Crippen LogP contribution is -2.53. The van der Waals surface area contributed by atoms with Crippen LogP contribution in [0.2, 0.25) is 0 Å². The average Bonchev–Trinajstić information content (AvgIpc) is 2.97. The minimum atomic E-state index is -1.34. The number of ether oxygens (including phenoxy) is 1. The highest BCUT2D eigenvalue weighted by Gasteiger charge is 2.47. The van der Waals surface area contributed by atoms with E-state index in [0.29, 0.717) is 18.8 Å². The lowest BCUT2D eigenvalue weighted by Gasteiger charge is -2.41. The van der Waals surface area contributed by atoms with Gasteiger partial charge < -0.3 is 14.5 Å². The van der Waals surface area contributed by atoms with Gasteiger partial charge in [-0.2, -0.15) is 5.26 Å². The zero-order valence-corrected chi connectivity index (χ0v) is 22.2. The molecule has 1 saturated heterocycles. The molecule has 0 bridgehead atoms. The van der Waals surface area contributed by atoms with Gasteiger partial charge in [-0.25, -0.2) is 0 Å². The van der Waals surface area contributed by atoms with Gasteiger partial charge >= 0.3 is 0 Å². The Morgan fingerprint density at radius 2 is 1.55 bits per heavy atom. The molecule has 38 heavy (non-hydrogen) atoms. The molecule has 2 unspecified atom stereocenters. The molecule has 1 aliphatic rings. The summed E-state index contributed by atoms with van der Waals surface area (Å²) in [6.07, 6.45) is 0. The molecule has 5 rings (SSSR count). The second-order valence-electron chi connectivity index (χ2n) is 10.2. The van der Waals surface area contributed by atoms with Crippen LogP contribution in [-0.2, 0) is 4.79 Å². The lowest BCUT2D eigenvalue weighted by molar-refractivity contribution is -0.139. The van der Waals surface area contributed by atoms with Gasteiger partial charge in [-0.15, -0.1) is 0 Å². The van der Waals surface area contributed by atoms with Gasteiger partial charge in [0.1, 0.15) is 11.2 Å². The number of carbonyl (C=O) groups excluding carboxylic acids is 1. The molecule has 1 amide bonds. The number of carbonyl (C=O) groups is 1. The minimum absolute atomic E-state index is 0.146. The van der Waals surface area contributed by atoms with Crippen molar-refractivity contribution in [3.63, 3.8) is 0 Å². The van der Waals surface area contributed by atoms with Crippen LogP contribution in [0.15, 0.2) is 91.0 Å². The van der Waals surface area contributed by atoms with E-state index in [4.69, 9.17) is 4.74 Å². The highest BCUT2D eigenvalue weighted by atomic mass is 16.5. The van der Waals surface area contributed by atoms with Crippen molar-refractivity contribution in [2.75, 3.05) is 38.2 Å². The third kappa shape index (κ3) is 4.59. The number of nitrogens with zero attached hydrogens (tertiary/aromatic N) is 3. The molecule has 4 aromatic rings. The standard InChI is InChI=1S/C33H33N3O2/c1-24-10-8-13-26(22-24)35-18-20-36(21-19-35)32(37)33(2,23-34)31(29-15-6-7-17-30(29)38-3)28-16-9-12-25-11-4-5-14-27(25)28/h4-17,22,31H,18-21H2,1-3H3. The van der Waals surface area contributed by atoms with E-state index >= 15 is 0 Å². The van der Waals surface area contributed by atoms with E-state index in [1.165, 1.54) is 11.3 Å². The first-order chi connectivity index (χ1) is 18.5. The van der Waals surface area contributed by atoms with E-state index < -0.39 is 11.3 Å². The summed E-state index contributed by atoms with van der Waals surface area (Å²) in [6.45, 7) is 6.47. The number of hydrogen-bond donors (Lipinski definition) is 0. The van der Waals surface area contributed by atoms with Crippen molar-refractivity contribution < 1.29 is 9.53 Å². The van der Waals surface area contributed by atoms with E-state index in [2.05, 4.69) is 60.4 Å². The Morgan fingerprint density at radius 3 is 2.29 bits per heavy atom. The van der Waals surface area contributed by atoms with Crippen LogP contribution >= 0.6 is 0 Å². The van der Waals surface area contributed by atoms with Crippen LogP contribution in [-0.4, -0.2) is 44.1 Å². The van der Waals surface area contributed by atoms with Gasteiger partial charge in [0, 0.05) is 43.3 Å². The molecule has 5 nitrogen and oxygen atoms in total. The zero-order chi connectivity index (χ0) is 26.7. The van der Waals surface area contributed by atoms with Crippen molar-refractivity contribution in [1.82, 2.24) is 4.90 Å². The Labute approximate surface area is 224 Å². The molecule has 0 radical (unpaired) electrons. The molecule has 192 valence electrons. The number of nitriles is 1. The van der Waals surface area contributed by atoms with Gasteiger partial charge in [0.15, 0.2) is 0 Å².